The number of amides is 2. The SMILES string of the molecule is COC(=O)c1ccccc1S(=O)(=O)NC(=O)N1N=C(C2CC2)CC1c1ccccc1. The van der Waals surface area contributed by atoms with Gasteiger partial charge in [0.2, 0.25) is 0 Å². The highest BCUT2D eigenvalue weighted by Crippen LogP contribution is 2.40. The minimum absolute atomic E-state index is 0.150. The van der Waals surface area contributed by atoms with Gasteiger partial charge in [0.25, 0.3) is 10.0 Å². The molecule has 0 bridgehead atoms. The number of ether oxygens (including phenoxy) is 1. The molecule has 8 nitrogen and oxygen atoms in total. The lowest BCUT2D eigenvalue weighted by Crippen LogP contribution is -2.40. The molecular weight excluding hydrogens is 406 g/mol. The molecule has 2 amide bonds. The molecular formula is C21H21N3O5S. The van der Waals surface area contributed by atoms with Crippen LogP contribution in [0.25, 0.3) is 0 Å². The van der Waals surface area contributed by atoms with Gasteiger partial charge in [-0.1, -0.05) is 42.5 Å². The molecule has 156 valence electrons. The molecule has 0 aromatic heterocycles. The van der Waals surface area contributed by atoms with Crippen LogP contribution in [0.1, 0.15) is 41.2 Å². The molecule has 0 radical (unpaired) electrons. The van der Waals surface area contributed by atoms with E-state index in [1.165, 1.54) is 29.3 Å². The van der Waals surface area contributed by atoms with E-state index in [4.69, 9.17) is 0 Å². The van der Waals surface area contributed by atoms with E-state index >= 15 is 0 Å². The van der Waals surface area contributed by atoms with Gasteiger partial charge in [-0.3, -0.25) is 0 Å². The fourth-order valence-corrected chi connectivity index (χ4v) is 4.65. The first kappa shape index (κ1) is 20.1. The smallest absolute Gasteiger partial charge is 0.352 e. The Morgan fingerprint density at radius 3 is 2.40 bits per heavy atom. The largest absolute Gasteiger partial charge is 0.465 e. The molecule has 1 heterocycles. The van der Waals surface area contributed by atoms with Crippen LogP contribution < -0.4 is 4.72 Å². The van der Waals surface area contributed by atoms with Crippen molar-refractivity contribution in [1.29, 1.82) is 0 Å². The second-order valence-electron chi connectivity index (χ2n) is 7.24. The topological polar surface area (TPSA) is 105 Å². The zero-order valence-corrected chi connectivity index (χ0v) is 17.1. The summed E-state index contributed by atoms with van der Waals surface area (Å²) in [7, 11) is -3.16. The van der Waals surface area contributed by atoms with Gasteiger partial charge in [-0.25, -0.2) is 27.7 Å². The Balaban J connectivity index is 1.62. The van der Waals surface area contributed by atoms with Gasteiger partial charge in [-0.15, -0.1) is 0 Å². The van der Waals surface area contributed by atoms with Crippen LogP contribution >= 0.6 is 0 Å². The summed E-state index contributed by atoms with van der Waals surface area (Å²) in [6.45, 7) is 0. The summed E-state index contributed by atoms with van der Waals surface area (Å²) >= 11 is 0. The third-order valence-corrected chi connectivity index (χ3v) is 6.56. The number of methoxy groups -OCH3 is 1. The van der Waals surface area contributed by atoms with Gasteiger partial charge in [0.15, 0.2) is 0 Å². The predicted octanol–water partition coefficient (Wildman–Crippen LogP) is 3.08. The summed E-state index contributed by atoms with van der Waals surface area (Å²) in [5, 5.41) is 5.64. The summed E-state index contributed by atoms with van der Waals surface area (Å²) in [6.07, 6.45) is 2.63. The van der Waals surface area contributed by atoms with Crippen molar-refractivity contribution in [2.75, 3.05) is 7.11 Å². The molecule has 0 saturated heterocycles. The van der Waals surface area contributed by atoms with E-state index < -0.39 is 22.0 Å². The fraction of sp³-hybridized carbons (Fsp3) is 0.286. The Labute approximate surface area is 174 Å². The van der Waals surface area contributed by atoms with Crippen LogP contribution in [-0.4, -0.2) is 38.2 Å². The number of hydrogen-bond acceptors (Lipinski definition) is 6. The van der Waals surface area contributed by atoms with Crippen LogP contribution in [0.3, 0.4) is 0 Å². The number of nitrogens with zero attached hydrogens (tertiary/aromatic N) is 2. The minimum Gasteiger partial charge on any atom is -0.465 e. The molecule has 1 unspecified atom stereocenters. The van der Waals surface area contributed by atoms with Crippen molar-refractivity contribution < 1.29 is 22.7 Å². The lowest BCUT2D eigenvalue weighted by Gasteiger charge is -2.22. The highest BCUT2D eigenvalue weighted by molar-refractivity contribution is 7.90. The molecule has 4 rings (SSSR count). The first-order chi connectivity index (χ1) is 14.4. The number of esters is 1. The van der Waals surface area contributed by atoms with Crippen LogP contribution in [0.5, 0.6) is 0 Å². The van der Waals surface area contributed by atoms with Crippen LogP contribution in [0.15, 0.2) is 64.6 Å². The average Bonchev–Trinajstić information content (AvgIpc) is 3.51. The molecule has 2 aromatic carbocycles. The fourth-order valence-electron chi connectivity index (χ4n) is 3.52. The number of benzene rings is 2. The molecule has 0 spiro atoms. The first-order valence-electron chi connectivity index (χ1n) is 9.56. The quantitative estimate of drug-likeness (QED) is 0.739. The highest BCUT2D eigenvalue weighted by Gasteiger charge is 2.40. The van der Waals surface area contributed by atoms with Crippen molar-refractivity contribution in [3.63, 3.8) is 0 Å². The van der Waals surface area contributed by atoms with Gasteiger partial charge in [0.05, 0.1) is 18.7 Å². The van der Waals surface area contributed by atoms with Crippen LogP contribution in [0.4, 0.5) is 4.79 Å². The number of hydrogen-bond donors (Lipinski definition) is 1. The minimum atomic E-state index is -4.32. The van der Waals surface area contributed by atoms with Crippen molar-refractivity contribution in [1.82, 2.24) is 9.73 Å². The van der Waals surface area contributed by atoms with Gasteiger partial charge in [-0.2, -0.15) is 5.10 Å². The maximum Gasteiger partial charge on any atom is 0.352 e. The third-order valence-electron chi connectivity index (χ3n) is 5.18. The first-order valence-corrected chi connectivity index (χ1v) is 11.0. The van der Waals surface area contributed by atoms with Gasteiger partial charge in [0.1, 0.15) is 4.90 Å². The molecule has 2 aromatic rings. The molecule has 1 aliphatic heterocycles. The predicted molar refractivity (Wildman–Crippen MR) is 109 cm³/mol. The van der Waals surface area contributed by atoms with E-state index in [0.717, 1.165) is 31.2 Å². The van der Waals surface area contributed by atoms with Gasteiger partial charge in [0, 0.05) is 12.1 Å². The van der Waals surface area contributed by atoms with Gasteiger partial charge >= 0.3 is 12.0 Å². The zero-order valence-electron chi connectivity index (χ0n) is 16.3. The Bertz CT molecular complexity index is 1110. The lowest BCUT2D eigenvalue weighted by atomic mass is 10.0. The Hall–Kier alpha value is -3.20. The molecule has 30 heavy (non-hydrogen) atoms. The van der Waals surface area contributed by atoms with E-state index in [1.807, 2.05) is 30.3 Å². The Morgan fingerprint density at radius 1 is 1.07 bits per heavy atom. The number of nitrogens with one attached hydrogen (secondary N) is 1. The van der Waals surface area contributed by atoms with Crippen molar-refractivity contribution in [3.8, 4) is 0 Å². The summed E-state index contributed by atoms with van der Waals surface area (Å²) in [6, 6.07) is 13.7. The number of urea groups is 1. The van der Waals surface area contributed by atoms with Crippen molar-refractivity contribution in [3.05, 3.63) is 65.7 Å². The third kappa shape index (κ3) is 3.93. The molecule has 1 N–H and O–H groups in total. The second kappa shape index (κ2) is 7.91. The van der Waals surface area contributed by atoms with E-state index in [0.29, 0.717) is 12.3 Å². The van der Waals surface area contributed by atoms with E-state index in [1.54, 1.807) is 0 Å². The number of sulfonamides is 1. The summed E-state index contributed by atoms with van der Waals surface area (Å²) in [5.74, 6) is -0.452. The van der Waals surface area contributed by atoms with Crippen LogP contribution in [0, 0.1) is 5.92 Å². The number of hydrazone groups is 1. The van der Waals surface area contributed by atoms with Crippen molar-refractivity contribution in [2.24, 2.45) is 11.0 Å². The lowest BCUT2D eigenvalue weighted by molar-refractivity contribution is 0.0596. The normalized spacial score (nSPS) is 18.6. The summed E-state index contributed by atoms with van der Waals surface area (Å²) in [5.41, 5.74) is 1.63. The Morgan fingerprint density at radius 2 is 1.73 bits per heavy atom. The van der Waals surface area contributed by atoms with Crippen molar-refractivity contribution in [2.45, 2.75) is 30.2 Å². The highest BCUT2D eigenvalue weighted by atomic mass is 32.2. The monoisotopic (exact) mass is 427 g/mol. The molecule has 1 saturated carbocycles. The zero-order chi connectivity index (χ0) is 21.3. The number of carbonyl (C=O) groups is 2. The van der Waals surface area contributed by atoms with E-state index in [2.05, 4.69) is 14.6 Å². The van der Waals surface area contributed by atoms with E-state index in [-0.39, 0.29) is 16.5 Å². The molecule has 1 fully saturated rings. The van der Waals surface area contributed by atoms with Crippen molar-refractivity contribution >= 4 is 27.7 Å². The average molecular weight is 427 g/mol. The Kier molecular flexibility index (Phi) is 5.29. The maximum atomic E-state index is 13.0. The number of carbonyl (C=O) groups excluding carboxylic acids is 2. The second-order valence-corrected chi connectivity index (χ2v) is 8.89. The number of rotatable bonds is 5. The van der Waals surface area contributed by atoms with Crippen LogP contribution in [-0.2, 0) is 14.8 Å². The maximum absolute atomic E-state index is 13.0. The summed E-state index contributed by atoms with van der Waals surface area (Å²) in [4.78, 5) is 24.6. The molecule has 9 heteroatoms. The summed E-state index contributed by atoms with van der Waals surface area (Å²) < 4.78 is 32.5. The van der Waals surface area contributed by atoms with E-state index in [9.17, 15) is 18.0 Å². The van der Waals surface area contributed by atoms with Gasteiger partial charge in [-0.05, 0) is 36.5 Å². The molecule has 2 aliphatic rings. The molecule has 1 atom stereocenters. The van der Waals surface area contributed by atoms with Gasteiger partial charge < -0.3 is 4.74 Å². The standard InChI is InChI=1S/C21H21N3O5S/c1-29-20(25)16-9-5-6-10-19(16)30(27,28)23-21(26)24-18(15-7-3-2-4-8-15)13-17(22-24)14-11-12-14/h2-10,14,18H,11-13H2,1H3,(H,23,26). The van der Waals surface area contributed by atoms with Crippen LogP contribution in [0.2, 0.25) is 0 Å². The molecule has 1 aliphatic carbocycles.